The van der Waals surface area contributed by atoms with Crippen molar-refractivity contribution >= 4 is 11.6 Å². The Morgan fingerprint density at radius 3 is 2.42 bits per heavy atom. The molecule has 0 radical (unpaired) electrons. The molecule has 0 aliphatic heterocycles. The molecule has 1 aromatic heterocycles. The summed E-state index contributed by atoms with van der Waals surface area (Å²) in [7, 11) is 0. The lowest BCUT2D eigenvalue weighted by molar-refractivity contribution is 0.102. The van der Waals surface area contributed by atoms with E-state index in [1.165, 1.54) is 24.5 Å². The van der Waals surface area contributed by atoms with E-state index in [-0.39, 0.29) is 11.7 Å². The molecule has 0 fully saturated rings. The Labute approximate surface area is 139 Å². The summed E-state index contributed by atoms with van der Waals surface area (Å²) in [4.78, 5) is 20.6. The van der Waals surface area contributed by atoms with Gasteiger partial charge in [0.1, 0.15) is 5.82 Å². The van der Waals surface area contributed by atoms with Crippen molar-refractivity contribution < 1.29 is 9.18 Å². The van der Waals surface area contributed by atoms with Crippen LogP contribution in [0.1, 0.15) is 21.5 Å². The molecule has 0 unspecified atom stereocenters. The highest BCUT2D eigenvalue weighted by Crippen LogP contribution is 2.17. The fourth-order valence-electron chi connectivity index (χ4n) is 2.24. The number of nitrogens with zero attached hydrogens (tertiary/aromatic N) is 2. The van der Waals surface area contributed by atoms with Crippen molar-refractivity contribution in [2.75, 3.05) is 5.32 Å². The van der Waals surface area contributed by atoms with E-state index in [4.69, 9.17) is 0 Å². The standard InChI is InChI=1S/C19H16FN3O/c1-12-6-7-17(8-13(12)2)23-19(24)15-10-21-18(22-11-15)14-4-3-5-16(20)9-14/h3-11H,1-2H3,(H,23,24). The van der Waals surface area contributed by atoms with E-state index in [0.29, 0.717) is 17.0 Å². The molecule has 5 heteroatoms. The zero-order chi connectivity index (χ0) is 17.1. The predicted octanol–water partition coefficient (Wildman–Crippen LogP) is 4.15. The van der Waals surface area contributed by atoms with E-state index >= 15 is 0 Å². The number of amides is 1. The van der Waals surface area contributed by atoms with Crippen LogP contribution < -0.4 is 5.32 Å². The maximum absolute atomic E-state index is 13.2. The fraction of sp³-hybridized carbons (Fsp3) is 0.105. The second kappa shape index (κ2) is 6.58. The number of carbonyl (C=O) groups excluding carboxylic acids is 1. The minimum atomic E-state index is -0.354. The molecular weight excluding hydrogens is 305 g/mol. The van der Waals surface area contributed by atoms with Crippen LogP contribution in [0.25, 0.3) is 11.4 Å². The number of nitrogens with one attached hydrogen (secondary N) is 1. The summed E-state index contributed by atoms with van der Waals surface area (Å²) in [6.07, 6.45) is 2.87. The van der Waals surface area contributed by atoms with Gasteiger partial charge in [0.05, 0.1) is 5.56 Å². The third-order valence-corrected chi connectivity index (χ3v) is 3.76. The van der Waals surface area contributed by atoms with Crippen LogP contribution in [-0.4, -0.2) is 15.9 Å². The average Bonchev–Trinajstić information content (AvgIpc) is 2.58. The first-order valence-corrected chi connectivity index (χ1v) is 7.49. The van der Waals surface area contributed by atoms with Crippen molar-refractivity contribution in [2.45, 2.75) is 13.8 Å². The smallest absolute Gasteiger partial charge is 0.258 e. The lowest BCUT2D eigenvalue weighted by Crippen LogP contribution is -2.13. The highest BCUT2D eigenvalue weighted by atomic mass is 19.1. The molecule has 0 aliphatic rings. The molecule has 1 N–H and O–H groups in total. The van der Waals surface area contributed by atoms with Crippen LogP contribution in [0.15, 0.2) is 54.9 Å². The second-order valence-electron chi connectivity index (χ2n) is 5.56. The van der Waals surface area contributed by atoms with Crippen LogP contribution >= 0.6 is 0 Å². The number of aryl methyl sites for hydroxylation is 2. The van der Waals surface area contributed by atoms with Gasteiger partial charge >= 0.3 is 0 Å². The Balaban J connectivity index is 1.77. The Bertz CT molecular complexity index is 891. The van der Waals surface area contributed by atoms with Gasteiger partial charge in [-0.25, -0.2) is 14.4 Å². The summed E-state index contributed by atoms with van der Waals surface area (Å²) >= 11 is 0. The van der Waals surface area contributed by atoms with Gasteiger partial charge in [0.2, 0.25) is 0 Å². The quantitative estimate of drug-likeness (QED) is 0.788. The van der Waals surface area contributed by atoms with E-state index in [0.717, 1.165) is 16.8 Å². The molecule has 0 atom stereocenters. The Morgan fingerprint density at radius 1 is 1.00 bits per heavy atom. The van der Waals surface area contributed by atoms with Gasteiger partial charge in [0.25, 0.3) is 5.91 Å². The van der Waals surface area contributed by atoms with Gasteiger partial charge in [0.15, 0.2) is 5.82 Å². The molecule has 3 aromatic rings. The largest absolute Gasteiger partial charge is 0.322 e. The number of carbonyl (C=O) groups is 1. The van der Waals surface area contributed by atoms with Crippen molar-refractivity contribution in [3.63, 3.8) is 0 Å². The van der Waals surface area contributed by atoms with Gasteiger partial charge < -0.3 is 5.32 Å². The average molecular weight is 321 g/mol. The number of aromatic nitrogens is 2. The van der Waals surface area contributed by atoms with Crippen molar-refractivity contribution in [2.24, 2.45) is 0 Å². The Hall–Kier alpha value is -3.08. The molecule has 3 rings (SSSR count). The predicted molar refractivity (Wildman–Crippen MR) is 91.3 cm³/mol. The zero-order valence-electron chi connectivity index (χ0n) is 13.4. The summed E-state index contributed by atoms with van der Waals surface area (Å²) < 4.78 is 13.2. The van der Waals surface area contributed by atoms with Gasteiger partial charge in [-0.2, -0.15) is 0 Å². The minimum Gasteiger partial charge on any atom is -0.322 e. The van der Waals surface area contributed by atoms with E-state index in [1.54, 1.807) is 12.1 Å². The van der Waals surface area contributed by atoms with E-state index in [2.05, 4.69) is 15.3 Å². The molecule has 0 spiro atoms. The number of anilines is 1. The van der Waals surface area contributed by atoms with E-state index in [9.17, 15) is 9.18 Å². The van der Waals surface area contributed by atoms with E-state index in [1.807, 2.05) is 32.0 Å². The van der Waals surface area contributed by atoms with Gasteiger partial charge in [0, 0.05) is 23.6 Å². The first-order valence-electron chi connectivity index (χ1n) is 7.49. The number of halogens is 1. The number of rotatable bonds is 3. The van der Waals surface area contributed by atoms with Crippen molar-refractivity contribution in [1.29, 1.82) is 0 Å². The molecule has 2 aromatic carbocycles. The lowest BCUT2D eigenvalue weighted by atomic mass is 10.1. The van der Waals surface area contributed by atoms with Crippen LogP contribution in [0.4, 0.5) is 10.1 Å². The minimum absolute atomic E-state index is 0.288. The maximum Gasteiger partial charge on any atom is 0.258 e. The first-order chi connectivity index (χ1) is 11.5. The van der Waals surface area contributed by atoms with Crippen molar-refractivity contribution in [3.05, 3.63) is 77.4 Å². The van der Waals surface area contributed by atoms with Crippen LogP contribution in [-0.2, 0) is 0 Å². The van der Waals surface area contributed by atoms with Gasteiger partial charge in [-0.05, 0) is 49.2 Å². The van der Waals surface area contributed by atoms with Crippen LogP contribution in [0.2, 0.25) is 0 Å². The SMILES string of the molecule is Cc1ccc(NC(=O)c2cnc(-c3cccc(F)c3)nc2)cc1C. The molecule has 0 saturated heterocycles. The summed E-state index contributed by atoms with van der Waals surface area (Å²) in [5.74, 6) is -0.270. The van der Waals surface area contributed by atoms with Crippen LogP contribution in [0.3, 0.4) is 0 Å². The lowest BCUT2D eigenvalue weighted by Gasteiger charge is -2.08. The molecular formula is C19H16FN3O. The Morgan fingerprint density at radius 2 is 1.75 bits per heavy atom. The monoisotopic (exact) mass is 321 g/mol. The normalized spacial score (nSPS) is 10.5. The summed E-state index contributed by atoms with van der Waals surface area (Å²) in [5.41, 5.74) is 3.89. The molecule has 120 valence electrons. The highest BCUT2D eigenvalue weighted by Gasteiger charge is 2.09. The molecule has 0 saturated carbocycles. The van der Waals surface area contributed by atoms with Gasteiger partial charge in [-0.1, -0.05) is 18.2 Å². The van der Waals surface area contributed by atoms with Crippen molar-refractivity contribution in [3.8, 4) is 11.4 Å². The number of benzene rings is 2. The molecule has 24 heavy (non-hydrogen) atoms. The molecule has 0 aliphatic carbocycles. The summed E-state index contributed by atoms with van der Waals surface area (Å²) in [5, 5.41) is 2.82. The van der Waals surface area contributed by atoms with Gasteiger partial charge in [-0.3, -0.25) is 4.79 Å². The molecule has 1 amide bonds. The second-order valence-corrected chi connectivity index (χ2v) is 5.56. The zero-order valence-corrected chi connectivity index (χ0v) is 13.4. The number of hydrogen-bond donors (Lipinski definition) is 1. The maximum atomic E-state index is 13.2. The van der Waals surface area contributed by atoms with E-state index < -0.39 is 0 Å². The molecule has 0 bridgehead atoms. The molecule has 4 nitrogen and oxygen atoms in total. The third-order valence-electron chi connectivity index (χ3n) is 3.76. The summed E-state index contributed by atoms with van der Waals surface area (Å²) in [6, 6.07) is 11.7. The van der Waals surface area contributed by atoms with Crippen LogP contribution in [0, 0.1) is 19.7 Å². The van der Waals surface area contributed by atoms with Crippen LogP contribution in [0.5, 0.6) is 0 Å². The third kappa shape index (κ3) is 3.46. The highest BCUT2D eigenvalue weighted by molar-refractivity contribution is 6.04. The van der Waals surface area contributed by atoms with Gasteiger partial charge in [-0.15, -0.1) is 0 Å². The number of hydrogen-bond acceptors (Lipinski definition) is 3. The first kappa shape index (κ1) is 15.8. The molecule has 1 heterocycles. The summed E-state index contributed by atoms with van der Waals surface area (Å²) in [6.45, 7) is 4.00. The Kier molecular flexibility index (Phi) is 4.33. The topological polar surface area (TPSA) is 54.9 Å². The van der Waals surface area contributed by atoms with Crippen molar-refractivity contribution in [1.82, 2.24) is 9.97 Å². The fourth-order valence-corrected chi connectivity index (χ4v) is 2.24.